The second-order valence-corrected chi connectivity index (χ2v) is 2.76. The first-order valence-electron chi connectivity index (χ1n) is 3.60. The second kappa shape index (κ2) is 3.63. The molecule has 12 heavy (non-hydrogen) atoms. The molecule has 1 fully saturated rings. The van der Waals surface area contributed by atoms with Gasteiger partial charge in [0.25, 0.3) is 0 Å². The maximum atomic E-state index is 12.9. The molecule has 72 valence electrons. The van der Waals surface area contributed by atoms with Crippen molar-refractivity contribution in [2.75, 3.05) is 6.61 Å². The Bertz CT molecular complexity index is 154. The van der Waals surface area contributed by atoms with Crippen LogP contribution >= 0.6 is 0 Å². The smallest absolute Gasteiger partial charge is 0.173 e. The Kier molecular flexibility index (Phi) is 2.97. The van der Waals surface area contributed by atoms with E-state index in [-0.39, 0.29) is 0 Å². The summed E-state index contributed by atoms with van der Waals surface area (Å²) in [6.07, 6.45) is -5.82. The molecule has 0 amide bonds. The van der Waals surface area contributed by atoms with E-state index in [0.29, 0.717) is 0 Å². The van der Waals surface area contributed by atoms with E-state index in [2.05, 4.69) is 4.74 Å². The summed E-state index contributed by atoms with van der Waals surface area (Å²) in [6, 6.07) is -1.26. The summed E-state index contributed by atoms with van der Waals surface area (Å²) in [6.45, 7) is -0.550. The molecule has 1 heterocycles. The molecule has 1 unspecified atom stereocenters. The van der Waals surface area contributed by atoms with Crippen molar-refractivity contribution < 1.29 is 24.4 Å². The Hall–Kier alpha value is -0.270. The van der Waals surface area contributed by atoms with Crippen LogP contribution in [0, 0.1) is 0 Å². The van der Waals surface area contributed by atoms with Gasteiger partial charge in [-0.1, -0.05) is 0 Å². The number of aliphatic hydroxyl groups is 3. The average Bonchev–Trinajstić information content (AvgIpc) is 2.08. The Morgan fingerprint density at radius 2 is 2.00 bits per heavy atom. The van der Waals surface area contributed by atoms with Crippen LogP contribution < -0.4 is 5.73 Å². The fourth-order valence-electron chi connectivity index (χ4n) is 1.09. The number of hydrogen-bond acceptors (Lipinski definition) is 5. The number of halogens is 1. The summed E-state index contributed by atoms with van der Waals surface area (Å²) in [7, 11) is 0. The van der Waals surface area contributed by atoms with Crippen LogP contribution in [0.1, 0.15) is 0 Å². The van der Waals surface area contributed by atoms with Crippen LogP contribution in [0.2, 0.25) is 0 Å². The minimum Gasteiger partial charge on any atom is -0.394 e. The zero-order valence-corrected chi connectivity index (χ0v) is 6.30. The molecule has 6 heteroatoms. The molecule has 0 saturated carbocycles. The monoisotopic (exact) mass is 181 g/mol. The molecule has 0 radical (unpaired) electrons. The molecule has 5 atom stereocenters. The normalized spacial score (nSPS) is 49.2. The molecular weight excluding hydrogens is 169 g/mol. The summed E-state index contributed by atoms with van der Waals surface area (Å²) in [5, 5.41) is 26.6. The summed E-state index contributed by atoms with van der Waals surface area (Å²) < 4.78 is 17.6. The van der Waals surface area contributed by atoms with E-state index >= 15 is 0 Å². The van der Waals surface area contributed by atoms with Crippen LogP contribution in [0.3, 0.4) is 0 Å². The third kappa shape index (κ3) is 1.57. The Morgan fingerprint density at radius 3 is 2.50 bits per heavy atom. The quantitative estimate of drug-likeness (QED) is 0.365. The lowest BCUT2D eigenvalue weighted by Crippen LogP contribution is -2.60. The SMILES string of the molecule is N[C@@H]1C(O)O[C@H](CO)[C@@H](O)[C@@H]1F. The predicted octanol–water partition coefficient (Wildman–Crippen LogP) is -2.28. The zero-order chi connectivity index (χ0) is 9.30. The topological polar surface area (TPSA) is 95.9 Å². The maximum absolute atomic E-state index is 12.9. The van der Waals surface area contributed by atoms with E-state index in [9.17, 15) is 4.39 Å². The molecule has 0 aromatic carbocycles. The van der Waals surface area contributed by atoms with Gasteiger partial charge in [-0.15, -0.1) is 0 Å². The number of rotatable bonds is 1. The number of hydrogen-bond donors (Lipinski definition) is 4. The van der Waals surface area contributed by atoms with Crippen molar-refractivity contribution in [1.29, 1.82) is 0 Å². The van der Waals surface area contributed by atoms with Gasteiger partial charge < -0.3 is 25.8 Å². The highest BCUT2D eigenvalue weighted by molar-refractivity contribution is 4.90. The van der Waals surface area contributed by atoms with E-state index in [0.717, 1.165) is 0 Å². The highest BCUT2D eigenvalue weighted by Gasteiger charge is 2.42. The van der Waals surface area contributed by atoms with Crippen LogP contribution in [-0.2, 0) is 4.74 Å². The molecule has 1 saturated heterocycles. The van der Waals surface area contributed by atoms with Crippen molar-refractivity contribution in [2.45, 2.75) is 30.7 Å². The maximum Gasteiger partial charge on any atom is 0.173 e. The first kappa shape index (κ1) is 9.82. The van der Waals surface area contributed by atoms with Crippen molar-refractivity contribution in [3.8, 4) is 0 Å². The van der Waals surface area contributed by atoms with Crippen LogP contribution in [0.15, 0.2) is 0 Å². The predicted molar refractivity (Wildman–Crippen MR) is 36.8 cm³/mol. The van der Waals surface area contributed by atoms with Gasteiger partial charge >= 0.3 is 0 Å². The summed E-state index contributed by atoms with van der Waals surface area (Å²) in [5.74, 6) is 0. The molecule has 0 spiro atoms. The van der Waals surface area contributed by atoms with Gasteiger partial charge in [0, 0.05) is 0 Å². The molecule has 0 aliphatic carbocycles. The van der Waals surface area contributed by atoms with Gasteiger partial charge in [0.05, 0.1) is 12.6 Å². The standard InChI is InChI=1S/C6H12FNO4/c7-3-4(8)6(11)12-2(1-9)5(3)10/h2-6,9-11H,1,8H2/t2-,3-,4+,5-,6?/m1/s1. The number of nitrogens with two attached hydrogens (primary N) is 1. The highest BCUT2D eigenvalue weighted by Crippen LogP contribution is 2.20. The van der Waals surface area contributed by atoms with Gasteiger partial charge in [-0.25, -0.2) is 4.39 Å². The van der Waals surface area contributed by atoms with E-state index in [1.807, 2.05) is 0 Å². The van der Waals surface area contributed by atoms with Crippen molar-refractivity contribution in [3.63, 3.8) is 0 Å². The number of alkyl halides is 1. The third-order valence-corrected chi connectivity index (χ3v) is 1.90. The van der Waals surface area contributed by atoms with E-state index < -0.39 is 37.3 Å². The zero-order valence-electron chi connectivity index (χ0n) is 6.30. The first-order chi connectivity index (χ1) is 5.57. The van der Waals surface area contributed by atoms with Gasteiger partial charge in [0.1, 0.15) is 18.4 Å². The van der Waals surface area contributed by atoms with Crippen molar-refractivity contribution >= 4 is 0 Å². The van der Waals surface area contributed by atoms with Gasteiger partial charge in [-0.05, 0) is 0 Å². The second-order valence-electron chi connectivity index (χ2n) is 2.76. The minimum atomic E-state index is -1.77. The number of aliphatic hydroxyl groups excluding tert-OH is 3. The van der Waals surface area contributed by atoms with Crippen molar-refractivity contribution in [1.82, 2.24) is 0 Å². The molecule has 0 aromatic heterocycles. The first-order valence-corrected chi connectivity index (χ1v) is 3.60. The Balaban J connectivity index is 2.63. The van der Waals surface area contributed by atoms with Crippen LogP contribution in [0.5, 0.6) is 0 Å². The van der Waals surface area contributed by atoms with Crippen LogP contribution in [0.25, 0.3) is 0 Å². The van der Waals surface area contributed by atoms with Gasteiger partial charge in [-0.3, -0.25) is 0 Å². The molecule has 5 nitrogen and oxygen atoms in total. The molecule has 0 bridgehead atoms. The minimum absolute atomic E-state index is 0.550. The Labute approximate surface area is 68.6 Å². The summed E-state index contributed by atoms with van der Waals surface area (Å²) in [5.41, 5.74) is 5.14. The summed E-state index contributed by atoms with van der Waals surface area (Å²) >= 11 is 0. The Morgan fingerprint density at radius 1 is 1.42 bits per heavy atom. The third-order valence-electron chi connectivity index (χ3n) is 1.90. The molecule has 0 aromatic rings. The number of ether oxygens (including phenoxy) is 1. The van der Waals surface area contributed by atoms with E-state index in [4.69, 9.17) is 21.1 Å². The fourth-order valence-corrected chi connectivity index (χ4v) is 1.09. The molecule has 1 aliphatic rings. The fraction of sp³-hybridized carbons (Fsp3) is 1.00. The lowest BCUT2D eigenvalue weighted by atomic mass is 9.99. The average molecular weight is 181 g/mol. The van der Waals surface area contributed by atoms with Crippen LogP contribution in [-0.4, -0.2) is 52.6 Å². The molecule has 1 aliphatic heterocycles. The summed E-state index contributed by atoms with van der Waals surface area (Å²) in [4.78, 5) is 0. The van der Waals surface area contributed by atoms with Crippen molar-refractivity contribution in [2.24, 2.45) is 5.73 Å². The molecule has 5 N–H and O–H groups in total. The van der Waals surface area contributed by atoms with Gasteiger partial charge in [0.2, 0.25) is 0 Å². The lowest BCUT2D eigenvalue weighted by Gasteiger charge is -2.36. The van der Waals surface area contributed by atoms with E-state index in [1.165, 1.54) is 0 Å². The highest BCUT2D eigenvalue weighted by atomic mass is 19.1. The lowest BCUT2D eigenvalue weighted by molar-refractivity contribution is -0.237. The van der Waals surface area contributed by atoms with Crippen molar-refractivity contribution in [3.05, 3.63) is 0 Å². The molecular formula is C6H12FNO4. The van der Waals surface area contributed by atoms with Gasteiger partial charge in [-0.2, -0.15) is 0 Å². The molecule has 1 rings (SSSR count). The largest absolute Gasteiger partial charge is 0.394 e. The van der Waals surface area contributed by atoms with E-state index in [1.54, 1.807) is 0 Å². The van der Waals surface area contributed by atoms with Gasteiger partial charge in [0.15, 0.2) is 6.29 Å². The van der Waals surface area contributed by atoms with Crippen LogP contribution in [0.4, 0.5) is 4.39 Å².